The molecule has 1 amide bonds. The summed E-state index contributed by atoms with van der Waals surface area (Å²) in [5.41, 5.74) is 8.80. The monoisotopic (exact) mass is 778 g/mol. The minimum absolute atomic E-state index is 0.142. The molecule has 0 saturated heterocycles. The highest BCUT2D eigenvalue weighted by Gasteiger charge is 2.29. The first-order valence-corrected chi connectivity index (χ1v) is 17.0. The Hall–Kier alpha value is -5.93. The lowest BCUT2D eigenvalue weighted by Gasteiger charge is -2.22. The van der Waals surface area contributed by atoms with Crippen molar-refractivity contribution in [3.05, 3.63) is 130 Å². The molecule has 0 aliphatic heterocycles. The first-order chi connectivity index (χ1) is 25.9. The third-order valence-electron chi connectivity index (χ3n) is 7.75. The van der Waals surface area contributed by atoms with Gasteiger partial charge in [-0.2, -0.15) is 0 Å². The summed E-state index contributed by atoms with van der Waals surface area (Å²) in [4.78, 5) is 67.1. The van der Waals surface area contributed by atoms with E-state index in [0.717, 1.165) is 11.1 Å². The van der Waals surface area contributed by atoms with Crippen LogP contribution in [0, 0.1) is 13.8 Å². The summed E-state index contributed by atoms with van der Waals surface area (Å²) in [6.07, 6.45) is -2.78. The zero-order valence-electron chi connectivity index (χ0n) is 30.5. The van der Waals surface area contributed by atoms with Crippen LogP contribution in [0.25, 0.3) is 0 Å². The molecule has 55 heavy (non-hydrogen) atoms. The molecule has 0 fully saturated rings. The molecule has 4 rings (SSSR count). The van der Waals surface area contributed by atoms with Crippen LogP contribution in [0.3, 0.4) is 0 Å². The van der Waals surface area contributed by atoms with E-state index in [-0.39, 0.29) is 17.7 Å². The van der Waals surface area contributed by atoms with Crippen LogP contribution in [-0.2, 0) is 32.0 Å². The van der Waals surface area contributed by atoms with Crippen LogP contribution in [0.15, 0.2) is 97.1 Å². The number of esters is 2. The maximum absolute atomic E-state index is 12.7. The molecule has 0 aliphatic carbocycles. The summed E-state index contributed by atoms with van der Waals surface area (Å²) < 4.78 is 9.95. The second-order valence-corrected chi connectivity index (χ2v) is 12.4. The lowest BCUT2D eigenvalue weighted by atomic mass is 10.00. The predicted octanol–water partition coefficient (Wildman–Crippen LogP) is 4.01. The van der Waals surface area contributed by atoms with Crippen molar-refractivity contribution in [3.8, 4) is 11.5 Å². The van der Waals surface area contributed by atoms with E-state index in [1.54, 1.807) is 68.4 Å². The second kappa shape index (κ2) is 22.3. The molecular formula is C40H43ClN2O12. The number of aliphatic carboxylic acids is 2. The molecule has 0 bridgehead atoms. The Labute approximate surface area is 322 Å². The topological polar surface area (TPSA) is 240 Å². The van der Waals surface area contributed by atoms with Gasteiger partial charge in [-0.15, -0.1) is 0 Å². The Morgan fingerprint density at radius 3 is 1.47 bits per heavy atom. The maximum Gasteiger partial charge on any atom is 0.334 e. The van der Waals surface area contributed by atoms with Gasteiger partial charge in [0.2, 0.25) is 0 Å². The standard InChI is InChI=1S/C20H21NO6.C10H9ClO3.C10H13NO3/c1-12-15(9-6-10-17(12)27-13(2)22)19(24)21-16(18(23)20(25)26)11-14-7-4-3-5-8-14;1-6-8(10(11)13)4-3-5-9(6)14-7(2)12;11-8(9(12)10(13)14)6-7-4-2-1-3-5-7/h3-10,16,18,23H,11H2,1-2H3,(H,21,24)(H,25,26);3-5H,1-2H3;1-5,8-9,12H,6,11H2,(H,13,14)/t16-,18-;;8?,9-/m0.0/s1. The number of amides is 1. The van der Waals surface area contributed by atoms with Crippen molar-refractivity contribution < 1.29 is 58.7 Å². The van der Waals surface area contributed by atoms with E-state index in [0.29, 0.717) is 28.9 Å². The number of halogens is 1. The minimum atomic E-state index is -1.77. The zero-order valence-corrected chi connectivity index (χ0v) is 31.2. The van der Waals surface area contributed by atoms with Gasteiger partial charge in [0.1, 0.15) is 11.5 Å². The molecule has 0 heterocycles. The van der Waals surface area contributed by atoms with Crippen molar-refractivity contribution in [2.45, 2.75) is 64.8 Å². The van der Waals surface area contributed by atoms with Crippen LogP contribution in [0.2, 0.25) is 0 Å². The highest BCUT2D eigenvalue weighted by Crippen LogP contribution is 2.23. The largest absolute Gasteiger partial charge is 0.479 e. The van der Waals surface area contributed by atoms with Crippen LogP contribution in [0.1, 0.15) is 56.8 Å². The van der Waals surface area contributed by atoms with E-state index in [4.69, 9.17) is 42.1 Å². The SMILES string of the molecule is CC(=O)Oc1cccc(C(=O)Cl)c1C.CC(=O)Oc1cccc(C(=O)N[C@@H](Cc2ccccc2)[C@H](O)C(=O)O)c1C.NC(Cc1ccccc1)[C@H](O)C(=O)O. The summed E-state index contributed by atoms with van der Waals surface area (Å²) in [6, 6.07) is 25.8. The molecule has 0 aromatic heterocycles. The number of nitrogens with one attached hydrogen (secondary N) is 1. The van der Waals surface area contributed by atoms with Gasteiger partial charge in [-0.05, 0) is 73.7 Å². The van der Waals surface area contributed by atoms with Gasteiger partial charge in [-0.25, -0.2) is 9.59 Å². The van der Waals surface area contributed by atoms with Crippen molar-refractivity contribution in [2.24, 2.45) is 5.73 Å². The van der Waals surface area contributed by atoms with Gasteiger partial charge in [-0.3, -0.25) is 19.2 Å². The molecule has 4 atom stereocenters. The molecule has 14 nitrogen and oxygen atoms in total. The van der Waals surface area contributed by atoms with Crippen LogP contribution < -0.4 is 20.5 Å². The van der Waals surface area contributed by atoms with Crippen molar-refractivity contribution in [1.29, 1.82) is 0 Å². The fourth-order valence-corrected chi connectivity index (χ4v) is 5.13. The highest BCUT2D eigenvalue weighted by atomic mass is 35.5. The number of nitrogens with two attached hydrogens (primary N) is 1. The first-order valence-electron chi connectivity index (χ1n) is 16.6. The number of carbonyl (C=O) groups is 6. The van der Waals surface area contributed by atoms with Gasteiger partial charge in [0.15, 0.2) is 12.2 Å². The smallest absolute Gasteiger partial charge is 0.334 e. The first kappa shape index (κ1) is 45.2. The quantitative estimate of drug-likeness (QED) is 0.0640. The summed E-state index contributed by atoms with van der Waals surface area (Å²) in [5, 5.41) is 38.8. The average Bonchev–Trinajstić information content (AvgIpc) is 3.13. The zero-order chi connectivity index (χ0) is 41.2. The third kappa shape index (κ3) is 15.1. The number of carbonyl (C=O) groups excluding carboxylic acids is 4. The van der Waals surface area contributed by atoms with Crippen LogP contribution >= 0.6 is 11.6 Å². The Kier molecular flexibility index (Phi) is 18.4. The fourth-order valence-electron chi connectivity index (χ4n) is 4.93. The summed E-state index contributed by atoms with van der Waals surface area (Å²) in [5.74, 6) is -3.61. The van der Waals surface area contributed by atoms with E-state index in [9.17, 15) is 33.9 Å². The highest BCUT2D eigenvalue weighted by molar-refractivity contribution is 6.68. The molecule has 4 aromatic carbocycles. The van der Waals surface area contributed by atoms with Gasteiger partial charge >= 0.3 is 23.9 Å². The van der Waals surface area contributed by atoms with Gasteiger partial charge in [0, 0.05) is 42.1 Å². The molecule has 0 aliphatic rings. The number of ether oxygens (including phenoxy) is 2. The van der Waals surface area contributed by atoms with Crippen LogP contribution in [0.5, 0.6) is 11.5 Å². The number of carboxylic acids is 2. The van der Waals surface area contributed by atoms with Crippen LogP contribution in [0.4, 0.5) is 0 Å². The third-order valence-corrected chi connectivity index (χ3v) is 7.96. The Morgan fingerprint density at radius 1 is 0.636 bits per heavy atom. The molecule has 0 spiro atoms. The molecule has 1 unspecified atom stereocenters. The van der Waals surface area contributed by atoms with Crippen molar-refractivity contribution in [2.75, 3.05) is 0 Å². The van der Waals surface area contributed by atoms with Gasteiger partial charge < -0.3 is 41.0 Å². The van der Waals surface area contributed by atoms with Crippen LogP contribution in [-0.4, -0.2) is 79.7 Å². The number of hydrogen-bond acceptors (Lipinski definition) is 11. The van der Waals surface area contributed by atoms with E-state index >= 15 is 0 Å². The summed E-state index contributed by atoms with van der Waals surface area (Å²) in [6.45, 7) is 5.85. The summed E-state index contributed by atoms with van der Waals surface area (Å²) in [7, 11) is 0. The van der Waals surface area contributed by atoms with E-state index in [1.807, 2.05) is 36.4 Å². The number of aliphatic hydroxyl groups excluding tert-OH is 2. The molecule has 7 N–H and O–H groups in total. The molecule has 4 aromatic rings. The van der Waals surface area contributed by atoms with Gasteiger partial charge in [0.25, 0.3) is 11.1 Å². The molecule has 0 radical (unpaired) electrons. The van der Waals surface area contributed by atoms with Gasteiger partial charge in [-0.1, -0.05) is 72.8 Å². The van der Waals surface area contributed by atoms with Crippen molar-refractivity contribution in [3.63, 3.8) is 0 Å². The number of rotatable bonds is 13. The number of carboxylic acid groups (broad SMARTS) is 2. The summed E-state index contributed by atoms with van der Waals surface area (Å²) >= 11 is 5.34. The van der Waals surface area contributed by atoms with E-state index in [2.05, 4.69) is 5.32 Å². The normalized spacial score (nSPS) is 12.4. The average molecular weight is 779 g/mol. The fraction of sp³-hybridized carbons (Fsp3) is 0.250. The van der Waals surface area contributed by atoms with Crippen molar-refractivity contribution in [1.82, 2.24) is 5.32 Å². The molecule has 15 heteroatoms. The van der Waals surface area contributed by atoms with E-state index in [1.165, 1.54) is 19.9 Å². The lowest BCUT2D eigenvalue weighted by Crippen LogP contribution is -2.48. The Bertz CT molecular complexity index is 1940. The number of benzene rings is 4. The molecule has 292 valence electrons. The van der Waals surface area contributed by atoms with Crippen molar-refractivity contribution >= 4 is 46.6 Å². The molecular weight excluding hydrogens is 736 g/mol. The van der Waals surface area contributed by atoms with Gasteiger partial charge in [0.05, 0.1) is 6.04 Å². The minimum Gasteiger partial charge on any atom is -0.479 e. The Morgan fingerprint density at radius 2 is 1.05 bits per heavy atom. The molecule has 0 saturated carbocycles. The number of hydrogen-bond donors (Lipinski definition) is 6. The maximum atomic E-state index is 12.7. The Balaban J connectivity index is 0.000000314. The lowest BCUT2D eigenvalue weighted by molar-refractivity contribution is -0.148. The predicted molar refractivity (Wildman–Crippen MR) is 202 cm³/mol. The number of aliphatic hydroxyl groups is 2. The van der Waals surface area contributed by atoms with E-state index < -0.39 is 59.3 Å². The second-order valence-electron chi connectivity index (χ2n) is 12.0.